The van der Waals surface area contributed by atoms with Gasteiger partial charge < -0.3 is 10.4 Å². The average Bonchev–Trinajstić information content (AvgIpc) is 2.79. The first-order chi connectivity index (χ1) is 11.0. The maximum Gasteiger partial charge on any atom is 0.333 e. The van der Waals surface area contributed by atoms with E-state index in [0.717, 1.165) is 4.90 Å². The number of nitrogens with one attached hydrogen (secondary N) is 1. The van der Waals surface area contributed by atoms with Crippen molar-refractivity contribution in [1.82, 2.24) is 5.32 Å². The van der Waals surface area contributed by atoms with Crippen molar-refractivity contribution in [3.8, 4) is 5.75 Å². The fourth-order valence-electron chi connectivity index (χ4n) is 2.14. The fourth-order valence-corrected chi connectivity index (χ4v) is 2.80. The highest BCUT2D eigenvalue weighted by molar-refractivity contribution is 14.1. The summed E-state index contributed by atoms with van der Waals surface area (Å²) in [6, 6.07) is 10.8. The molecule has 1 saturated heterocycles. The van der Waals surface area contributed by atoms with Crippen LogP contribution in [0.1, 0.15) is 5.56 Å². The van der Waals surface area contributed by atoms with Crippen LogP contribution in [0.5, 0.6) is 5.75 Å². The number of phenols is 1. The molecule has 23 heavy (non-hydrogen) atoms. The number of imide groups is 1. The molecule has 0 unspecified atom stereocenters. The van der Waals surface area contributed by atoms with Crippen LogP contribution in [0.15, 0.2) is 48.2 Å². The monoisotopic (exact) mass is 440 g/mol. The van der Waals surface area contributed by atoms with Crippen LogP contribution in [-0.2, 0) is 4.79 Å². The molecule has 7 heteroatoms. The van der Waals surface area contributed by atoms with E-state index in [-0.39, 0.29) is 11.4 Å². The summed E-state index contributed by atoms with van der Waals surface area (Å²) in [5, 5.41) is 12.6. The molecule has 116 valence electrons. The molecule has 0 spiro atoms. The Morgan fingerprint density at radius 1 is 1.13 bits per heavy atom. The van der Waals surface area contributed by atoms with Crippen molar-refractivity contribution in [2.45, 2.75) is 0 Å². The molecule has 0 aromatic heterocycles. The van der Waals surface area contributed by atoms with Crippen molar-refractivity contribution >= 4 is 57.9 Å². The lowest BCUT2D eigenvalue weighted by Gasteiger charge is -2.11. The number of aromatic hydroxyl groups is 1. The third-order valence-electron chi connectivity index (χ3n) is 3.25. The Morgan fingerprint density at radius 2 is 1.83 bits per heavy atom. The van der Waals surface area contributed by atoms with Crippen molar-refractivity contribution in [2.75, 3.05) is 4.90 Å². The molecule has 0 atom stereocenters. The van der Waals surface area contributed by atoms with Gasteiger partial charge in [0.1, 0.15) is 11.4 Å². The van der Waals surface area contributed by atoms with Gasteiger partial charge in [-0.15, -0.1) is 0 Å². The number of anilines is 1. The summed E-state index contributed by atoms with van der Waals surface area (Å²) in [7, 11) is 0. The molecule has 0 bridgehead atoms. The second-order valence-corrected chi connectivity index (χ2v) is 6.41. The molecule has 1 fully saturated rings. The molecule has 2 N–H and O–H groups in total. The van der Waals surface area contributed by atoms with Gasteiger partial charge in [-0.1, -0.05) is 17.7 Å². The fraction of sp³-hybridized carbons (Fsp3) is 0. The Morgan fingerprint density at radius 3 is 2.48 bits per heavy atom. The van der Waals surface area contributed by atoms with E-state index < -0.39 is 11.9 Å². The van der Waals surface area contributed by atoms with Crippen LogP contribution >= 0.6 is 34.2 Å². The maximum atomic E-state index is 12.4. The second-order valence-electron chi connectivity index (χ2n) is 4.82. The Hall–Kier alpha value is -2.06. The van der Waals surface area contributed by atoms with E-state index in [1.807, 2.05) is 22.6 Å². The number of hydrogen-bond acceptors (Lipinski definition) is 3. The number of urea groups is 1. The molecule has 1 aliphatic rings. The minimum Gasteiger partial charge on any atom is -0.507 e. The predicted octanol–water partition coefficient (Wildman–Crippen LogP) is 3.75. The van der Waals surface area contributed by atoms with Gasteiger partial charge in [-0.3, -0.25) is 4.79 Å². The molecule has 0 radical (unpaired) electrons. The zero-order valence-corrected chi connectivity index (χ0v) is 14.5. The summed E-state index contributed by atoms with van der Waals surface area (Å²) < 4.78 is 0.656. The van der Waals surface area contributed by atoms with Crippen LogP contribution in [0, 0.1) is 3.57 Å². The van der Waals surface area contributed by atoms with Crippen LogP contribution in [0.3, 0.4) is 0 Å². The molecular formula is C16H10ClIN2O3. The average molecular weight is 441 g/mol. The lowest BCUT2D eigenvalue weighted by atomic mass is 10.2. The Labute approximate surface area is 150 Å². The van der Waals surface area contributed by atoms with Gasteiger partial charge in [-0.2, -0.15) is 0 Å². The molecule has 3 amide bonds. The molecule has 1 aliphatic heterocycles. The number of halogens is 2. The van der Waals surface area contributed by atoms with Crippen molar-refractivity contribution in [1.29, 1.82) is 0 Å². The molecule has 3 rings (SSSR count). The molecule has 1 heterocycles. The first-order valence-corrected chi connectivity index (χ1v) is 8.02. The summed E-state index contributed by atoms with van der Waals surface area (Å²) in [5.41, 5.74) is 1.32. The molecule has 2 aromatic carbocycles. The molecule has 5 nitrogen and oxygen atoms in total. The minimum absolute atomic E-state index is 0.164. The Balaban J connectivity index is 1.92. The van der Waals surface area contributed by atoms with Gasteiger partial charge in [0.2, 0.25) is 0 Å². The van der Waals surface area contributed by atoms with E-state index in [4.69, 9.17) is 11.6 Å². The lowest BCUT2D eigenvalue weighted by molar-refractivity contribution is -0.113. The van der Waals surface area contributed by atoms with Gasteiger partial charge in [0, 0.05) is 5.02 Å². The predicted molar refractivity (Wildman–Crippen MR) is 96.3 cm³/mol. The number of phenolic OH excluding ortho intramolecular Hbond substituents is 1. The topological polar surface area (TPSA) is 69.6 Å². The van der Waals surface area contributed by atoms with Gasteiger partial charge in [0.15, 0.2) is 0 Å². The normalized spacial score (nSPS) is 16.1. The Bertz CT molecular complexity index is 834. The SMILES string of the molecule is O=C1NC(=Cc2ccc(O)c(I)c2)C(=O)N1c1ccc(Cl)cc1. The maximum absolute atomic E-state index is 12.4. The van der Waals surface area contributed by atoms with E-state index in [2.05, 4.69) is 5.32 Å². The Kier molecular flexibility index (Phi) is 4.27. The zero-order chi connectivity index (χ0) is 16.6. The summed E-state index contributed by atoms with van der Waals surface area (Å²) in [5.74, 6) is -0.280. The zero-order valence-electron chi connectivity index (χ0n) is 11.6. The smallest absolute Gasteiger partial charge is 0.333 e. The minimum atomic E-state index is -0.517. The molecule has 0 saturated carbocycles. The van der Waals surface area contributed by atoms with E-state index >= 15 is 0 Å². The molecule has 0 aliphatic carbocycles. The number of nitrogens with zero attached hydrogens (tertiary/aromatic N) is 1. The number of amides is 3. The summed E-state index contributed by atoms with van der Waals surface area (Å²) in [6.07, 6.45) is 1.57. The van der Waals surface area contributed by atoms with Crippen LogP contribution in [0.4, 0.5) is 10.5 Å². The number of carbonyl (C=O) groups is 2. The van der Waals surface area contributed by atoms with Crippen molar-refractivity contribution in [3.05, 3.63) is 62.3 Å². The van der Waals surface area contributed by atoms with Gasteiger partial charge in [0.05, 0.1) is 9.26 Å². The van der Waals surface area contributed by atoms with Crippen LogP contribution in [0.2, 0.25) is 5.02 Å². The van der Waals surface area contributed by atoms with Crippen LogP contribution < -0.4 is 10.2 Å². The third kappa shape index (κ3) is 3.18. The summed E-state index contributed by atoms with van der Waals surface area (Å²) in [4.78, 5) is 25.6. The second kappa shape index (κ2) is 6.21. The van der Waals surface area contributed by atoms with E-state index in [0.29, 0.717) is 19.8 Å². The number of rotatable bonds is 2. The van der Waals surface area contributed by atoms with E-state index in [1.54, 1.807) is 42.5 Å². The quantitative estimate of drug-likeness (QED) is 0.425. The van der Waals surface area contributed by atoms with Gasteiger partial charge in [-0.25, -0.2) is 9.69 Å². The van der Waals surface area contributed by atoms with E-state index in [1.165, 1.54) is 6.07 Å². The number of carbonyl (C=O) groups excluding carboxylic acids is 2. The van der Waals surface area contributed by atoms with Gasteiger partial charge >= 0.3 is 6.03 Å². The first kappa shape index (κ1) is 15.8. The molecular weight excluding hydrogens is 431 g/mol. The van der Waals surface area contributed by atoms with Crippen LogP contribution in [0.25, 0.3) is 6.08 Å². The number of hydrogen-bond donors (Lipinski definition) is 2. The van der Waals surface area contributed by atoms with Crippen LogP contribution in [-0.4, -0.2) is 17.0 Å². The summed E-state index contributed by atoms with van der Waals surface area (Å²) in [6.45, 7) is 0. The lowest BCUT2D eigenvalue weighted by Crippen LogP contribution is -2.30. The number of benzene rings is 2. The van der Waals surface area contributed by atoms with Crippen molar-refractivity contribution in [2.24, 2.45) is 0 Å². The van der Waals surface area contributed by atoms with E-state index in [9.17, 15) is 14.7 Å². The van der Waals surface area contributed by atoms with Gasteiger partial charge in [0.25, 0.3) is 5.91 Å². The highest BCUT2D eigenvalue weighted by Crippen LogP contribution is 2.25. The molecule has 2 aromatic rings. The highest BCUT2D eigenvalue weighted by atomic mass is 127. The first-order valence-electron chi connectivity index (χ1n) is 6.57. The third-order valence-corrected chi connectivity index (χ3v) is 4.36. The van der Waals surface area contributed by atoms with Crippen molar-refractivity contribution < 1.29 is 14.7 Å². The standard InChI is InChI=1S/C16H10ClIN2O3/c17-10-2-4-11(5-3-10)20-15(22)13(19-16(20)23)8-9-1-6-14(21)12(18)7-9/h1-8,21H,(H,19,23). The van der Waals surface area contributed by atoms with Gasteiger partial charge in [-0.05, 0) is 70.6 Å². The highest BCUT2D eigenvalue weighted by Gasteiger charge is 2.34. The van der Waals surface area contributed by atoms with Crippen molar-refractivity contribution in [3.63, 3.8) is 0 Å². The summed E-state index contributed by atoms with van der Waals surface area (Å²) >= 11 is 7.81. The largest absolute Gasteiger partial charge is 0.507 e.